The van der Waals surface area contributed by atoms with Gasteiger partial charge in [-0.15, -0.1) is 0 Å². The molecular formula is C19H19F3N2O2. The molecule has 0 unspecified atom stereocenters. The standard InChI is InChI=1S/C19H19F3N2O2/c1-25-10-11-26-17-7-4-14(12-16(17)18-23-8-9-24-18)13-2-5-15(6-3-13)19(20,21)22/h2-7,12H,8-11H2,1H3,(H,23,24). The first kappa shape index (κ1) is 18.3. The lowest BCUT2D eigenvalue weighted by molar-refractivity contribution is -0.137. The normalized spacial score (nSPS) is 14.1. The quantitative estimate of drug-likeness (QED) is 0.794. The van der Waals surface area contributed by atoms with Gasteiger partial charge in [0, 0.05) is 13.7 Å². The Morgan fingerprint density at radius 2 is 1.77 bits per heavy atom. The summed E-state index contributed by atoms with van der Waals surface area (Å²) in [7, 11) is 1.60. The number of nitrogens with zero attached hydrogens (tertiary/aromatic N) is 1. The van der Waals surface area contributed by atoms with Gasteiger partial charge in [0.05, 0.1) is 24.3 Å². The summed E-state index contributed by atoms with van der Waals surface area (Å²) in [6.45, 7) is 2.28. The van der Waals surface area contributed by atoms with Gasteiger partial charge in [0.25, 0.3) is 0 Å². The van der Waals surface area contributed by atoms with Crippen LogP contribution < -0.4 is 10.1 Å². The topological polar surface area (TPSA) is 42.9 Å². The molecule has 2 aromatic rings. The van der Waals surface area contributed by atoms with Crippen molar-refractivity contribution in [2.45, 2.75) is 6.18 Å². The molecule has 1 aliphatic rings. The number of methoxy groups -OCH3 is 1. The largest absolute Gasteiger partial charge is 0.490 e. The highest BCUT2D eigenvalue weighted by Crippen LogP contribution is 2.32. The Bertz CT molecular complexity index is 786. The van der Waals surface area contributed by atoms with Crippen molar-refractivity contribution in [2.75, 3.05) is 33.4 Å². The minimum absolute atomic E-state index is 0.399. The highest BCUT2D eigenvalue weighted by molar-refractivity contribution is 6.03. The van der Waals surface area contributed by atoms with Crippen LogP contribution in [0.2, 0.25) is 0 Å². The van der Waals surface area contributed by atoms with Crippen molar-refractivity contribution in [2.24, 2.45) is 4.99 Å². The zero-order valence-corrected chi connectivity index (χ0v) is 14.3. The summed E-state index contributed by atoms with van der Waals surface area (Å²) >= 11 is 0. The lowest BCUT2D eigenvalue weighted by Crippen LogP contribution is -2.20. The molecule has 0 bridgehead atoms. The number of amidine groups is 1. The Hall–Kier alpha value is -2.54. The van der Waals surface area contributed by atoms with Gasteiger partial charge in [0.15, 0.2) is 0 Å². The van der Waals surface area contributed by atoms with Crippen LogP contribution in [-0.4, -0.2) is 39.2 Å². The summed E-state index contributed by atoms with van der Waals surface area (Å²) in [6.07, 6.45) is -4.34. The minimum atomic E-state index is -4.34. The average molecular weight is 364 g/mol. The van der Waals surface area contributed by atoms with Crippen LogP contribution in [0.4, 0.5) is 13.2 Å². The van der Waals surface area contributed by atoms with Crippen LogP contribution >= 0.6 is 0 Å². The number of ether oxygens (including phenoxy) is 2. The van der Waals surface area contributed by atoms with E-state index in [2.05, 4.69) is 10.3 Å². The highest BCUT2D eigenvalue weighted by atomic mass is 19.4. The molecule has 26 heavy (non-hydrogen) atoms. The molecule has 4 nitrogen and oxygen atoms in total. The van der Waals surface area contributed by atoms with Crippen molar-refractivity contribution in [3.8, 4) is 16.9 Å². The Morgan fingerprint density at radius 3 is 2.38 bits per heavy atom. The fraction of sp³-hybridized carbons (Fsp3) is 0.316. The first-order chi connectivity index (χ1) is 12.5. The van der Waals surface area contributed by atoms with Crippen molar-refractivity contribution in [1.82, 2.24) is 5.32 Å². The predicted molar refractivity (Wildman–Crippen MR) is 93.7 cm³/mol. The predicted octanol–water partition coefficient (Wildman–Crippen LogP) is 3.75. The molecule has 0 fully saturated rings. The van der Waals surface area contributed by atoms with E-state index in [-0.39, 0.29) is 0 Å². The monoisotopic (exact) mass is 364 g/mol. The van der Waals surface area contributed by atoms with E-state index in [0.717, 1.165) is 35.6 Å². The minimum Gasteiger partial charge on any atom is -0.490 e. The van der Waals surface area contributed by atoms with Gasteiger partial charge in [-0.3, -0.25) is 4.99 Å². The Labute approximate surface area is 149 Å². The van der Waals surface area contributed by atoms with Gasteiger partial charge in [0.1, 0.15) is 18.2 Å². The zero-order valence-electron chi connectivity index (χ0n) is 14.3. The van der Waals surface area contributed by atoms with Crippen molar-refractivity contribution in [1.29, 1.82) is 0 Å². The van der Waals surface area contributed by atoms with Crippen LogP contribution in [0.15, 0.2) is 47.5 Å². The maximum absolute atomic E-state index is 12.7. The lowest BCUT2D eigenvalue weighted by atomic mass is 10.0. The van der Waals surface area contributed by atoms with E-state index in [4.69, 9.17) is 9.47 Å². The molecule has 0 aromatic heterocycles. The first-order valence-electron chi connectivity index (χ1n) is 8.21. The third kappa shape index (κ3) is 4.16. The van der Waals surface area contributed by atoms with Crippen molar-refractivity contribution >= 4 is 5.84 Å². The summed E-state index contributed by atoms with van der Waals surface area (Å²) in [5, 5.41) is 3.20. The second-order valence-corrected chi connectivity index (χ2v) is 5.78. The van der Waals surface area contributed by atoms with Gasteiger partial charge in [0.2, 0.25) is 0 Å². The van der Waals surface area contributed by atoms with E-state index < -0.39 is 11.7 Å². The molecule has 1 heterocycles. The molecule has 0 atom stereocenters. The molecule has 3 rings (SSSR count). The van der Waals surface area contributed by atoms with Crippen molar-refractivity contribution in [3.05, 3.63) is 53.6 Å². The van der Waals surface area contributed by atoms with Crippen molar-refractivity contribution < 1.29 is 22.6 Å². The lowest BCUT2D eigenvalue weighted by Gasteiger charge is -2.14. The summed E-state index contributed by atoms with van der Waals surface area (Å²) in [5.74, 6) is 1.39. The molecule has 0 saturated carbocycles. The van der Waals surface area contributed by atoms with Crippen molar-refractivity contribution in [3.63, 3.8) is 0 Å². The van der Waals surface area contributed by atoms with E-state index in [1.54, 1.807) is 13.2 Å². The van der Waals surface area contributed by atoms with Crippen LogP contribution in [0.25, 0.3) is 11.1 Å². The molecule has 0 radical (unpaired) electrons. The molecule has 0 aliphatic carbocycles. The molecule has 0 spiro atoms. The Morgan fingerprint density at radius 1 is 1.04 bits per heavy atom. The molecule has 2 aromatic carbocycles. The fourth-order valence-electron chi connectivity index (χ4n) is 2.69. The van der Waals surface area contributed by atoms with E-state index in [9.17, 15) is 13.2 Å². The van der Waals surface area contributed by atoms with E-state index in [1.807, 2.05) is 12.1 Å². The molecule has 0 amide bonds. The number of hydrogen-bond donors (Lipinski definition) is 1. The van der Waals surface area contributed by atoms with Crippen LogP contribution in [-0.2, 0) is 10.9 Å². The Kier molecular flexibility index (Phi) is 5.46. The maximum Gasteiger partial charge on any atom is 0.416 e. The summed E-state index contributed by atoms with van der Waals surface area (Å²) < 4.78 is 49.0. The molecule has 138 valence electrons. The van der Waals surface area contributed by atoms with Crippen LogP contribution in [0, 0.1) is 0 Å². The summed E-state index contributed by atoms with van der Waals surface area (Å²) in [6, 6.07) is 10.6. The zero-order chi connectivity index (χ0) is 18.6. The molecule has 1 N–H and O–H groups in total. The number of aliphatic imine (C=N–C) groups is 1. The Balaban J connectivity index is 1.91. The fourth-order valence-corrected chi connectivity index (χ4v) is 2.69. The van der Waals surface area contributed by atoms with E-state index >= 15 is 0 Å². The molecule has 1 aliphatic heterocycles. The second-order valence-electron chi connectivity index (χ2n) is 5.78. The van der Waals surface area contributed by atoms with Gasteiger partial charge < -0.3 is 14.8 Å². The third-order valence-electron chi connectivity index (χ3n) is 4.00. The average Bonchev–Trinajstić information content (AvgIpc) is 3.16. The molecular weight excluding hydrogens is 345 g/mol. The highest BCUT2D eigenvalue weighted by Gasteiger charge is 2.30. The number of benzene rings is 2. The van der Waals surface area contributed by atoms with Gasteiger partial charge >= 0.3 is 6.18 Å². The number of nitrogens with one attached hydrogen (secondary N) is 1. The molecule has 0 saturated heterocycles. The van der Waals surface area contributed by atoms with Crippen LogP contribution in [0.3, 0.4) is 0 Å². The SMILES string of the molecule is COCCOc1ccc(-c2ccc(C(F)(F)F)cc2)cc1C1=NCCN1. The van der Waals surface area contributed by atoms with Gasteiger partial charge in [-0.25, -0.2) is 0 Å². The number of rotatable bonds is 6. The molecule has 7 heteroatoms. The first-order valence-corrected chi connectivity index (χ1v) is 8.21. The van der Waals surface area contributed by atoms with E-state index in [1.165, 1.54) is 12.1 Å². The smallest absolute Gasteiger partial charge is 0.416 e. The van der Waals surface area contributed by atoms with Crippen LogP contribution in [0.1, 0.15) is 11.1 Å². The summed E-state index contributed by atoms with van der Waals surface area (Å²) in [4.78, 5) is 4.42. The second kappa shape index (κ2) is 7.78. The van der Waals surface area contributed by atoms with Gasteiger partial charge in [-0.05, 0) is 35.4 Å². The third-order valence-corrected chi connectivity index (χ3v) is 4.00. The van der Waals surface area contributed by atoms with Crippen LogP contribution in [0.5, 0.6) is 5.75 Å². The maximum atomic E-state index is 12.7. The van der Waals surface area contributed by atoms with Gasteiger partial charge in [-0.2, -0.15) is 13.2 Å². The summed E-state index contributed by atoms with van der Waals surface area (Å²) in [5.41, 5.74) is 1.62. The number of alkyl halides is 3. The van der Waals surface area contributed by atoms with Gasteiger partial charge in [-0.1, -0.05) is 18.2 Å². The number of hydrogen-bond acceptors (Lipinski definition) is 4. The number of halogens is 3. The van der Waals surface area contributed by atoms with E-state index in [0.29, 0.717) is 31.1 Å².